The van der Waals surface area contributed by atoms with Crippen molar-refractivity contribution in [2.45, 2.75) is 44.4 Å². The summed E-state index contributed by atoms with van der Waals surface area (Å²) in [5.74, 6) is 0.0188. The van der Waals surface area contributed by atoms with Gasteiger partial charge in [-0.3, -0.25) is 10.2 Å². The van der Waals surface area contributed by atoms with E-state index < -0.39 is 10.0 Å². The average Bonchev–Trinajstić information content (AvgIpc) is 2.98. The van der Waals surface area contributed by atoms with Crippen molar-refractivity contribution in [3.63, 3.8) is 0 Å². The molecule has 7 nitrogen and oxygen atoms in total. The first-order valence-corrected chi connectivity index (χ1v) is 10.5. The van der Waals surface area contributed by atoms with Gasteiger partial charge in [-0.05, 0) is 37.0 Å². The van der Waals surface area contributed by atoms with Gasteiger partial charge in [-0.1, -0.05) is 25.5 Å². The van der Waals surface area contributed by atoms with Crippen LogP contribution in [0.4, 0.5) is 0 Å². The van der Waals surface area contributed by atoms with E-state index in [1.165, 1.54) is 11.2 Å². The van der Waals surface area contributed by atoms with Crippen LogP contribution < -0.4 is 5.32 Å². The molecular formula is C18H28N4O3S. The highest BCUT2D eigenvalue weighted by atomic mass is 32.2. The van der Waals surface area contributed by atoms with Crippen LogP contribution in [0.15, 0.2) is 29.2 Å². The number of unbranched alkanes of at least 4 members (excludes halogenated alkanes) is 1. The molecule has 2 N–H and O–H groups in total. The van der Waals surface area contributed by atoms with Crippen LogP contribution >= 0.6 is 0 Å². The molecule has 8 heteroatoms. The number of nitrogens with zero attached hydrogens (tertiary/aromatic N) is 2. The SMILES string of the molecule is CCCCN1CCN(S(=O)(=O)c2ccc(CCCNC(C)=O)cc2)C1=N. The molecule has 0 unspecified atom stereocenters. The number of benzene rings is 1. The molecule has 1 fully saturated rings. The largest absolute Gasteiger partial charge is 0.356 e. The van der Waals surface area contributed by atoms with Crippen LogP contribution in [0.2, 0.25) is 0 Å². The van der Waals surface area contributed by atoms with Gasteiger partial charge >= 0.3 is 0 Å². The normalized spacial score (nSPS) is 14.8. The van der Waals surface area contributed by atoms with Crippen LogP contribution in [0.3, 0.4) is 0 Å². The van der Waals surface area contributed by atoms with E-state index in [1.54, 1.807) is 24.3 Å². The van der Waals surface area contributed by atoms with E-state index in [1.807, 2.05) is 4.90 Å². The fourth-order valence-corrected chi connectivity index (χ4v) is 4.29. The van der Waals surface area contributed by atoms with Crippen LogP contribution in [0.5, 0.6) is 0 Å². The molecule has 1 aliphatic heterocycles. The maximum atomic E-state index is 12.8. The lowest BCUT2D eigenvalue weighted by Crippen LogP contribution is -2.37. The zero-order chi connectivity index (χ0) is 19.2. The molecule has 0 radical (unpaired) electrons. The van der Waals surface area contributed by atoms with Crippen LogP contribution in [0.1, 0.15) is 38.7 Å². The number of sulfonamides is 1. The van der Waals surface area contributed by atoms with Crippen molar-refractivity contribution in [1.82, 2.24) is 14.5 Å². The second-order valence-electron chi connectivity index (χ2n) is 6.47. The lowest BCUT2D eigenvalue weighted by molar-refractivity contribution is -0.118. The Morgan fingerprint density at radius 1 is 1.19 bits per heavy atom. The predicted molar refractivity (Wildman–Crippen MR) is 102 cm³/mol. The summed E-state index contributed by atoms with van der Waals surface area (Å²) in [6, 6.07) is 6.81. The molecule has 0 aromatic heterocycles. The Morgan fingerprint density at radius 2 is 1.88 bits per heavy atom. The van der Waals surface area contributed by atoms with Crippen LogP contribution in [0, 0.1) is 5.41 Å². The molecule has 1 amide bonds. The molecule has 0 saturated carbocycles. The summed E-state index contributed by atoms with van der Waals surface area (Å²) in [7, 11) is -3.69. The quantitative estimate of drug-likeness (QED) is 0.639. The van der Waals surface area contributed by atoms with Gasteiger partial charge in [-0.25, -0.2) is 12.7 Å². The van der Waals surface area contributed by atoms with Gasteiger partial charge in [0.2, 0.25) is 11.9 Å². The third-order valence-electron chi connectivity index (χ3n) is 4.42. The highest BCUT2D eigenvalue weighted by molar-refractivity contribution is 7.89. The molecule has 1 saturated heterocycles. The van der Waals surface area contributed by atoms with Crippen molar-refractivity contribution in [2.24, 2.45) is 0 Å². The number of carbonyl (C=O) groups is 1. The van der Waals surface area contributed by atoms with Crippen LogP contribution in [-0.2, 0) is 21.2 Å². The molecule has 1 aromatic rings. The number of carbonyl (C=O) groups excluding carboxylic acids is 1. The summed E-state index contributed by atoms with van der Waals surface area (Å²) in [5, 5.41) is 10.9. The number of aryl methyl sites for hydroxylation is 1. The number of rotatable bonds is 9. The first-order chi connectivity index (χ1) is 12.4. The number of hydrogen-bond donors (Lipinski definition) is 2. The lowest BCUT2D eigenvalue weighted by atomic mass is 10.1. The fourth-order valence-electron chi connectivity index (χ4n) is 2.89. The zero-order valence-corrected chi connectivity index (χ0v) is 16.3. The molecule has 2 rings (SSSR count). The minimum atomic E-state index is -3.69. The van der Waals surface area contributed by atoms with E-state index in [0.717, 1.165) is 31.2 Å². The summed E-state index contributed by atoms with van der Waals surface area (Å²) < 4.78 is 26.8. The van der Waals surface area contributed by atoms with Crippen molar-refractivity contribution in [1.29, 1.82) is 5.41 Å². The molecule has 0 spiro atoms. The van der Waals surface area contributed by atoms with E-state index >= 15 is 0 Å². The first-order valence-electron chi connectivity index (χ1n) is 9.06. The summed E-state index contributed by atoms with van der Waals surface area (Å²) >= 11 is 0. The Morgan fingerprint density at radius 3 is 2.50 bits per heavy atom. The molecule has 0 atom stereocenters. The zero-order valence-electron chi connectivity index (χ0n) is 15.5. The van der Waals surface area contributed by atoms with Crippen molar-refractivity contribution < 1.29 is 13.2 Å². The highest BCUT2D eigenvalue weighted by Gasteiger charge is 2.34. The third kappa shape index (κ3) is 4.97. The van der Waals surface area contributed by atoms with Gasteiger partial charge in [0.1, 0.15) is 0 Å². The average molecular weight is 381 g/mol. The molecule has 0 bridgehead atoms. The molecule has 1 heterocycles. The first kappa shape index (κ1) is 20.2. The number of nitrogens with one attached hydrogen (secondary N) is 2. The Kier molecular flexibility index (Phi) is 7.02. The lowest BCUT2D eigenvalue weighted by Gasteiger charge is -2.21. The predicted octanol–water partition coefficient (Wildman–Crippen LogP) is 1.80. The second kappa shape index (κ2) is 9.02. The molecule has 26 heavy (non-hydrogen) atoms. The van der Waals surface area contributed by atoms with Crippen molar-refractivity contribution in [3.05, 3.63) is 29.8 Å². The minimum absolute atomic E-state index is 0.0486. The maximum Gasteiger partial charge on any atom is 0.266 e. The van der Waals surface area contributed by atoms with Crippen LogP contribution in [0.25, 0.3) is 0 Å². The Hall–Kier alpha value is -2.09. The van der Waals surface area contributed by atoms with E-state index in [-0.39, 0.29) is 16.8 Å². The third-order valence-corrected chi connectivity index (χ3v) is 6.22. The number of amides is 1. The Labute approximate surface area is 155 Å². The second-order valence-corrected chi connectivity index (χ2v) is 8.33. The molecule has 0 aliphatic carbocycles. The Bertz CT molecular complexity index is 731. The van der Waals surface area contributed by atoms with Gasteiger partial charge in [0.25, 0.3) is 10.0 Å². The van der Waals surface area contributed by atoms with Gasteiger partial charge in [0.05, 0.1) is 11.4 Å². The van der Waals surface area contributed by atoms with E-state index in [0.29, 0.717) is 26.2 Å². The van der Waals surface area contributed by atoms with E-state index in [2.05, 4.69) is 12.2 Å². The standard InChI is InChI=1S/C18H28N4O3S/c1-3-4-12-21-13-14-22(18(21)19)26(24,25)17-9-7-16(8-10-17)6-5-11-20-15(2)23/h7-10,19H,3-6,11-14H2,1-2H3,(H,20,23). The topological polar surface area (TPSA) is 93.6 Å². The van der Waals surface area contributed by atoms with E-state index in [9.17, 15) is 13.2 Å². The molecular weight excluding hydrogens is 352 g/mol. The summed E-state index contributed by atoms with van der Waals surface area (Å²) in [6.07, 6.45) is 3.53. The Balaban J connectivity index is 1.99. The van der Waals surface area contributed by atoms with Gasteiger partial charge < -0.3 is 10.2 Å². The van der Waals surface area contributed by atoms with Gasteiger partial charge in [0.15, 0.2) is 0 Å². The summed E-state index contributed by atoms with van der Waals surface area (Å²) in [5.41, 5.74) is 1.02. The van der Waals surface area contributed by atoms with E-state index in [4.69, 9.17) is 5.41 Å². The smallest absolute Gasteiger partial charge is 0.266 e. The monoisotopic (exact) mass is 380 g/mol. The molecule has 1 aliphatic rings. The summed E-state index contributed by atoms with van der Waals surface area (Å²) in [4.78, 5) is 12.9. The highest BCUT2D eigenvalue weighted by Crippen LogP contribution is 2.21. The molecule has 144 valence electrons. The number of hydrogen-bond acceptors (Lipinski definition) is 4. The van der Waals surface area contributed by atoms with Gasteiger partial charge in [-0.15, -0.1) is 0 Å². The van der Waals surface area contributed by atoms with Crippen molar-refractivity contribution in [3.8, 4) is 0 Å². The van der Waals surface area contributed by atoms with Gasteiger partial charge in [-0.2, -0.15) is 0 Å². The minimum Gasteiger partial charge on any atom is -0.356 e. The summed E-state index contributed by atoms with van der Waals surface area (Å²) in [6.45, 7) is 5.77. The molecule has 1 aromatic carbocycles. The van der Waals surface area contributed by atoms with Crippen molar-refractivity contribution >= 4 is 21.9 Å². The number of guanidine groups is 1. The fraction of sp³-hybridized carbons (Fsp3) is 0.556. The maximum absolute atomic E-state index is 12.8. The van der Waals surface area contributed by atoms with Crippen molar-refractivity contribution in [2.75, 3.05) is 26.2 Å². The van der Waals surface area contributed by atoms with Crippen LogP contribution in [-0.4, -0.2) is 55.7 Å². The van der Waals surface area contributed by atoms with Gasteiger partial charge in [0, 0.05) is 26.6 Å².